The van der Waals surface area contributed by atoms with Crippen molar-refractivity contribution < 1.29 is 9.53 Å². The van der Waals surface area contributed by atoms with Crippen molar-refractivity contribution in [2.24, 2.45) is 0 Å². The summed E-state index contributed by atoms with van der Waals surface area (Å²) >= 11 is 0. The fourth-order valence-corrected chi connectivity index (χ4v) is 4.23. The number of nitriles is 1. The fraction of sp³-hybridized carbons (Fsp3) is 0.360. The van der Waals surface area contributed by atoms with Crippen LogP contribution in [0.5, 0.6) is 0 Å². The molecule has 0 radical (unpaired) electrons. The van der Waals surface area contributed by atoms with Crippen LogP contribution in [0, 0.1) is 32.1 Å². The largest absolute Gasteiger partial charge is 0.464 e. The molecule has 2 aromatic heterocycles. The van der Waals surface area contributed by atoms with E-state index in [9.17, 15) is 10.1 Å². The molecule has 0 spiro atoms. The minimum absolute atomic E-state index is 0.156. The summed E-state index contributed by atoms with van der Waals surface area (Å²) in [7, 11) is 1.32. The number of aromatic nitrogens is 4. The van der Waals surface area contributed by atoms with Gasteiger partial charge in [-0.2, -0.15) is 5.26 Å². The number of aryl methyl sites for hydroxylation is 1. The first-order valence-corrected chi connectivity index (χ1v) is 11.1. The predicted octanol–water partition coefficient (Wildman–Crippen LogP) is 3.23. The molecule has 34 heavy (non-hydrogen) atoms. The van der Waals surface area contributed by atoms with Crippen molar-refractivity contribution in [3.8, 4) is 17.3 Å². The Balaban J connectivity index is 1.53. The maximum atomic E-state index is 11.6. The summed E-state index contributed by atoms with van der Waals surface area (Å²) in [5, 5.41) is 18.5. The number of anilines is 2. The van der Waals surface area contributed by atoms with Crippen LogP contribution in [-0.4, -0.2) is 58.9 Å². The van der Waals surface area contributed by atoms with E-state index in [2.05, 4.69) is 49.9 Å². The average Bonchev–Trinajstić information content (AvgIpc) is 2.85. The highest BCUT2D eigenvalue weighted by molar-refractivity contribution is 5.86. The first kappa shape index (κ1) is 23.1. The highest BCUT2D eigenvalue weighted by Gasteiger charge is 2.28. The number of benzene rings is 1. The van der Waals surface area contributed by atoms with E-state index in [-0.39, 0.29) is 11.7 Å². The van der Waals surface area contributed by atoms with E-state index in [1.807, 2.05) is 32.0 Å². The molecule has 0 bridgehead atoms. The third-order valence-corrected chi connectivity index (χ3v) is 6.38. The van der Waals surface area contributed by atoms with E-state index < -0.39 is 5.97 Å². The minimum atomic E-state index is -0.501. The van der Waals surface area contributed by atoms with Crippen LogP contribution in [0.1, 0.15) is 39.7 Å². The molecule has 9 nitrogen and oxygen atoms in total. The van der Waals surface area contributed by atoms with Crippen molar-refractivity contribution in [2.75, 3.05) is 36.5 Å². The Bertz CT molecular complexity index is 1270. The lowest BCUT2D eigenvalue weighted by atomic mass is 9.99. The lowest BCUT2D eigenvalue weighted by Crippen LogP contribution is -2.53. The van der Waals surface area contributed by atoms with E-state index in [1.165, 1.54) is 13.3 Å². The number of piperazine rings is 1. The van der Waals surface area contributed by atoms with Crippen LogP contribution in [0.2, 0.25) is 0 Å². The summed E-state index contributed by atoms with van der Waals surface area (Å²) in [4.78, 5) is 24.6. The molecular weight excluding hydrogens is 430 g/mol. The molecule has 1 aliphatic rings. The van der Waals surface area contributed by atoms with Gasteiger partial charge in [-0.05, 0) is 50.5 Å². The number of ether oxygens (including phenoxy) is 1. The van der Waals surface area contributed by atoms with Gasteiger partial charge in [-0.3, -0.25) is 0 Å². The van der Waals surface area contributed by atoms with Crippen molar-refractivity contribution >= 4 is 17.6 Å². The Hall–Kier alpha value is -4.06. The SMILES string of the molecule is COC(=O)c1cnc(N2CCN(c3nnc(-c4ccc(C)c(C#N)c4)c(C)c3C)C[C@H]2C)cn1. The summed E-state index contributed by atoms with van der Waals surface area (Å²) in [5.41, 5.74) is 5.60. The van der Waals surface area contributed by atoms with Gasteiger partial charge < -0.3 is 14.5 Å². The second kappa shape index (κ2) is 9.43. The molecule has 1 aromatic carbocycles. The number of carbonyl (C=O) groups is 1. The Kier molecular flexibility index (Phi) is 6.41. The van der Waals surface area contributed by atoms with Crippen molar-refractivity contribution in [1.29, 1.82) is 5.26 Å². The molecule has 9 heteroatoms. The number of carbonyl (C=O) groups excluding carboxylic acids is 1. The number of methoxy groups -OCH3 is 1. The first-order chi connectivity index (χ1) is 16.3. The molecule has 1 saturated heterocycles. The smallest absolute Gasteiger partial charge is 0.358 e. The van der Waals surface area contributed by atoms with Crippen LogP contribution >= 0.6 is 0 Å². The molecule has 0 aliphatic carbocycles. The predicted molar refractivity (Wildman–Crippen MR) is 129 cm³/mol. The fourth-order valence-electron chi connectivity index (χ4n) is 4.23. The van der Waals surface area contributed by atoms with E-state index in [1.54, 1.807) is 6.20 Å². The summed E-state index contributed by atoms with van der Waals surface area (Å²) in [6, 6.07) is 8.20. The van der Waals surface area contributed by atoms with Crippen molar-refractivity contribution in [3.63, 3.8) is 0 Å². The molecule has 1 aliphatic heterocycles. The van der Waals surface area contributed by atoms with Crippen molar-refractivity contribution in [3.05, 3.63) is 58.5 Å². The molecule has 1 atom stereocenters. The van der Waals surface area contributed by atoms with Crippen LogP contribution in [-0.2, 0) is 4.74 Å². The lowest BCUT2D eigenvalue weighted by molar-refractivity contribution is 0.0593. The first-order valence-electron chi connectivity index (χ1n) is 11.1. The Morgan fingerprint density at radius 2 is 1.91 bits per heavy atom. The van der Waals surface area contributed by atoms with Gasteiger partial charge in [0.1, 0.15) is 5.82 Å². The van der Waals surface area contributed by atoms with Gasteiger partial charge >= 0.3 is 5.97 Å². The Morgan fingerprint density at radius 1 is 1.12 bits per heavy atom. The molecule has 0 saturated carbocycles. The molecule has 3 heterocycles. The Morgan fingerprint density at radius 3 is 2.56 bits per heavy atom. The number of esters is 1. The van der Waals surface area contributed by atoms with Gasteiger partial charge in [0.15, 0.2) is 11.5 Å². The summed E-state index contributed by atoms with van der Waals surface area (Å²) in [5.74, 6) is 1.09. The zero-order valence-electron chi connectivity index (χ0n) is 20.0. The third kappa shape index (κ3) is 4.27. The van der Waals surface area contributed by atoms with Crippen LogP contribution in [0.25, 0.3) is 11.3 Å². The quantitative estimate of drug-likeness (QED) is 0.546. The highest BCUT2D eigenvalue weighted by Crippen LogP contribution is 2.30. The molecule has 1 fully saturated rings. The molecule has 0 unspecified atom stereocenters. The topological polar surface area (TPSA) is 108 Å². The summed E-state index contributed by atoms with van der Waals surface area (Å²) < 4.78 is 4.69. The van der Waals surface area contributed by atoms with Crippen LogP contribution in [0.4, 0.5) is 11.6 Å². The summed E-state index contributed by atoms with van der Waals surface area (Å²) in [6.07, 6.45) is 3.06. The van der Waals surface area contributed by atoms with Gasteiger partial charge in [-0.1, -0.05) is 12.1 Å². The number of rotatable bonds is 4. The van der Waals surface area contributed by atoms with Crippen molar-refractivity contribution in [1.82, 2.24) is 20.2 Å². The van der Waals surface area contributed by atoms with Gasteiger partial charge in [-0.25, -0.2) is 14.8 Å². The molecule has 3 aromatic rings. The molecule has 0 N–H and O–H groups in total. The average molecular weight is 458 g/mol. The second-order valence-electron chi connectivity index (χ2n) is 8.50. The minimum Gasteiger partial charge on any atom is -0.464 e. The van der Waals surface area contributed by atoms with Gasteiger partial charge in [0.25, 0.3) is 0 Å². The molecule has 174 valence electrons. The zero-order valence-corrected chi connectivity index (χ0v) is 20.0. The van der Waals surface area contributed by atoms with E-state index >= 15 is 0 Å². The van der Waals surface area contributed by atoms with Crippen LogP contribution < -0.4 is 9.80 Å². The maximum absolute atomic E-state index is 11.6. The van der Waals surface area contributed by atoms with E-state index in [0.29, 0.717) is 5.56 Å². The van der Waals surface area contributed by atoms with E-state index in [4.69, 9.17) is 4.74 Å². The third-order valence-electron chi connectivity index (χ3n) is 6.38. The monoisotopic (exact) mass is 457 g/mol. The molecule has 0 amide bonds. The van der Waals surface area contributed by atoms with Gasteiger partial charge in [0, 0.05) is 31.2 Å². The summed E-state index contributed by atoms with van der Waals surface area (Å²) in [6.45, 7) is 10.4. The molecular formula is C25H27N7O2. The molecule has 4 rings (SSSR count). The second-order valence-corrected chi connectivity index (χ2v) is 8.50. The van der Waals surface area contributed by atoms with Crippen molar-refractivity contribution in [2.45, 2.75) is 33.7 Å². The highest BCUT2D eigenvalue weighted by atomic mass is 16.5. The van der Waals surface area contributed by atoms with Crippen LogP contribution in [0.3, 0.4) is 0 Å². The van der Waals surface area contributed by atoms with Crippen LogP contribution in [0.15, 0.2) is 30.6 Å². The normalized spacial score (nSPS) is 15.7. The Labute approximate surface area is 199 Å². The van der Waals surface area contributed by atoms with Gasteiger partial charge in [-0.15, -0.1) is 10.2 Å². The maximum Gasteiger partial charge on any atom is 0.358 e. The standard InChI is InChI=1S/C25H27N7O2/c1-15-6-7-19(10-20(15)11-26)23-17(3)18(4)24(30-29-23)31-8-9-32(16(2)14-31)22-13-27-21(12-28-22)25(33)34-5/h6-7,10,12-13,16H,8-9,14H2,1-5H3/t16-/m1/s1. The number of hydrogen-bond donors (Lipinski definition) is 0. The zero-order chi connectivity index (χ0) is 24.4. The lowest BCUT2D eigenvalue weighted by Gasteiger charge is -2.41. The number of hydrogen-bond acceptors (Lipinski definition) is 9. The van der Waals surface area contributed by atoms with Gasteiger partial charge in [0.2, 0.25) is 0 Å². The van der Waals surface area contributed by atoms with Gasteiger partial charge in [0.05, 0.1) is 36.8 Å². The number of nitrogens with zero attached hydrogens (tertiary/aromatic N) is 7. The van der Waals surface area contributed by atoms with E-state index in [0.717, 1.165) is 59.2 Å².